The van der Waals surface area contributed by atoms with Gasteiger partial charge < -0.3 is 15.6 Å². The molecular formula is C22H24ClN7. The number of piperidine rings is 1. The number of halogens is 1. The molecular weight excluding hydrogens is 398 g/mol. The van der Waals surface area contributed by atoms with Crippen molar-refractivity contribution in [3.63, 3.8) is 0 Å². The normalized spacial score (nSPS) is 23.7. The number of nitrogens with two attached hydrogens (primary N) is 1. The van der Waals surface area contributed by atoms with Crippen LogP contribution in [0.1, 0.15) is 31.4 Å². The van der Waals surface area contributed by atoms with Gasteiger partial charge in [0.2, 0.25) is 0 Å². The van der Waals surface area contributed by atoms with Gasteiger partial charge in [-0.25, -0.2) is 9.97 Å². The van der Waals surface area contributed by atoms with E-state index in [1.807, 2.05) is 31.6 Å². The van der Waals surface area contributed by atoms with E-state index >= 15 is 0 Å². The van der Waals surface area contributed by atoms with Crippen LogP contribution in [0.15, 0.2) is 24.5 Å². The first-order valence-electron chi connectivity index (χ1n) is 10.5. The van der Waals surface area contributed by atoms with Crippen molar-refractivity contribution in [1.29, 1.82) is 0 Å². The number of anilines is 1. The number of hydrogen-bond donors (Lipinski definition) is 2. The molecule has 0 saturated carbocycles. The van der Waals surface area contributed by atoms with Crippen molar-refractivity contribution in [2.75, 3.05) is 4.90 Å². The number of benzene rings is 1. The number of aromatic amines is 1. The molecule has 30 heavy (non-hydrogen) atoms. The number of hydrogen-bond acceptors (Lipinski definition) is 5. The predicted octanol–water partition coefficient (Wildman–Crippen LogP) is 3.93. The molecule has 0 radical (unpaired) electrons. The molecule has 5 heterocycles. The summed E-state index contributed by atoms with van der Waals surface area (Å²) < 4.78 is 1.78. The highest BCUT2D eigenvalue weighted by atomic mass is 35.5. The fourth-order valence-electron chi connectivity index (χ4n) is 5.41. The molecule has 0 spiro atoms. The van der Waals surface area contributed by atoms with Crippen LogP contribution < -0.4 is 10.6 Å². The van der Waals surface area contributed by atoms with E-state index in [-0.39, 0.29) is 0 Å². The van der Waals surface area contributed by atoms with Crippen LogP contribution in [0, 0.1) is 6.92 Å². The van der Waals surface area contributed by atoms with Gasteiger partial charge in [-0.1, -0.05) is 17.7 Å². The van der Waals surface area contributed by atoms with Crippen LogP contribution in [0.2, 0.25) is 5.02 Å². The molecule has 0 unspecified atom stereocenters. The monoisotopic (exact) mass is 421 g/mol. The van der Waals surface area contributed by atoms with Crippen LogP contribution in [0.5, 0.6) is 0 Å². The fraction of sp³-hybridized carbons (Fsp3) is 0.409. The number of aryl methyl sites for hydroxylation is 2. The summed E-state index contributed by atoms with van der Waals surface area (Å²) in [7, 11) is 1.90. The summed E-state index contributed by atoms with van der Waals surface area (Å²) in [6.45, 7) is 2.05. The lowest BCUT2D eigenvalue weighted by molar-refractivity contribution is 0.411. The van der Waals surface area contributed by atoms with E-state index in [0.717, 1.165) is 57.5 Å². The molecule has 8 heteroatoms. The second kappa shape index (κ2) is 6.43. The highest BCUT2D eigenvalue weighted by Crippen LogP contribution is 2.41. The van der Waals surface area contributed by atoms with Gasteiger partial charge in [-0.2, -0.15) is 5.10 Å². The molecule has 2 aliphatic rings. The zero-order valence-corrected chi connectivity index (χ0v) is 17.8. The number of H-pyrrole nitrogens is 1. The molecule has 3 atom stereocenters. The number of rotatable bonds is 2. The van der Waals surface area contributed by atoms with Gasteiger partial charge in [0.05, 0.1) is 16.2 Å². The average Bonchev–Trinajstić information content (AvgIpc) is 3.36. The van der Waals surface area contributed by atoms with Gasteiger partial charge in [0, 0.05) is 54.1 Å². The lowest BCUT2D eigenvalue weighted by Gasteiger charge is -2.39. The van der Waals surface area contributed by atoms with Gasteiger partial charge in [-0.15, -0.1) is 0 Å². The highest BCUT2D eigenvalue weighted by Gasteiger charge is 2.41. The second-order valence-corrected chi connectivity index (χ2v) is 9.10. The number of aromatic nitrogens is 5. The van der Waals surface area contributed by atoms with Crippen molar-refractivity contribution < 1.29 is 0 Å². The molecule has 2 fully saturated rings. The number of nitrogens with one attached hydrogen (secondary N) is 1. The van der Waals surface area contributed by atoms with E-state index in [2.05, 4.69) is 21.9 Å². The van der Waals surface area contributed by atoms with Gasteiger partial charge in [-0.3, -0.25) is 4.68 Å². The van der Waals surface area contributed by atoms with Crippen molar-refractivity contribution in [2.24, 2.45) is 12.8 Å². The molecule has 3 aromatic heterocycles. The van der Waals surface area contributed by atoms with E-state index in [1.165, 1.54) is 12.8 Å². The van der Waals surface area contributed by atoms with Crippen molar-refractivity contribution in [3.05, 3.63) is 35.2 Å². The molecule has 4 aromatic rings. The minimum atomic E-state index is 0.303. The summed E-state index contributed by atoms with van der Waals surface area (Å²) >= 11 is 6.76. The molecule has 2 aliphatic heterocycles. The second-order valence-electron chi connectivity index (χ2n) is 8.72. The summed E-state index contributed by atoms with van der Waals surface area (Å²) in [5, 5.41) is 6.07. The molecule has 6 rings (SSSR count). The molecule has 7 nitrogen and oxygen atoms in total. The zero-order chi connectivity index (χ0) is 20.6. The van der Waals surface area contributed by atoms with Crippen LogP contribution in [0.4, 0.5) is 5.82 Å². The van der Waals surface area contributed by atoms with Crippen LogP contribution in [-0.4, -0.2) is 42.9 Å². The Morgan fingerprint density at radius 3 is 2.67 bits per heavy atom. The SMILES string of the molecule is Cc1nc2c(-c3ccc4nn(C)cc4c3Cl)c[nH]c2nc1N1[C@@H]2CC[C@H]1C[C@@H](N)C2. The summed E-state index contributed by atoms with van der Waals surface area (Å²) in [4.78, 5) is 15.8. The first kappa shape index (κ1) is 18.2. The van der Waals surface area contributed by atoms with Gasteiger partial charge >= 0.3 is 0 Å². The van der Waals surface area contributed by atoms with Crippen LogP contribution in [0.3, 0.4) is 0 Å². The topological polar surface area (TPSA) is 88.7 Å². The van der Waals surface area contributed by atoms with E-state index in [0.29, 0.717) is 23.1 Å². The molecule has 2 saturated heterocycles. The third-order valence-corrected chi connectivity index (χ3v) is 7.10. The number of fused-ring (bicyclic) bond motifs is 4. The van der Waals surface area contributed by atoms with Crippen molar-refractivity contribution in [1.82, 2.24) is 24.7 Å². The average molecular weight is 422 g/mol. The first-order valence-corrected chi connectivity index (χ1v) is 10.9. The Morgan fingerprint density at radius 1 is 1.13 bits per heavy atom. The van der Waals surface area contributed by atoms with Gasteiger partial charge in [0.15, 0.2) is 11.5 Å². The Balaban J connectivity index is 1.46. The Bertz CT molecular complexity index is 1280. The van der Waals surface area contributed by atoms with Crippen LogP contribution in [-0.2, 0) is 7.05 Å². The third kappa shape index (κ3) is 2.58. The fourth-order valence-corrected chi connectivity index (χ4v) is 5.72. The Morgan fingerprint density at radius 2 is 1.90 bits per heavy atom. The lowest BCUT2D eigenvalue weighted by Crippen LogP contribution is -2.48. The maximum atomic E-state index is 6.76. The standard InChI is InChI=1S/C22H24ClN7/c1-11-22(30-13-3-4-14(30)8-12(24)7-13)27-21-20(26-11)16(9-25-21)15-5-6-18-17(19(15)23)10-29(2)28-18/h5-6,9-10,12-14H,3-4,7-8,24H2,1-2H3,(H,25,27)/t12-,13+,14-. The molecule has 0 amide bonds. The van der Waals surface area contributed by atoms with E-state index < -0.39 is 0 Å². The minimum Gasteiger partial charge on any atom is -0.349 e. The third-order valence-electron chi connectivity index (χ3n) is 6.70. The van der Waals surface area contributed by atoms with Gasteiger partial charge in [-0.05, 0) is 38.7 Å². The first-order chi connectivity index (χ1) is 14.5. The maximum Gasteiger partial charge on any atom is 0.159 e. The number of nitrogens with zero attached hydrogens (tertiary/aromatic N) is 5. The van der Waals surface area contributed by atoms with Crippen LogP contribution in [0.25, 0.3) is 33.2 Å². The highest BCUT2D eigenvalue weighted by molar-refractivity contribution is 6.38. The lowest BCUT2D eigenvalue weighted by atomic mass is 9.98. The molecule has 154 valence electrons. The maximum absolute atomic E-state index is 6.76. The molecule has 1 aromatic carbocycles. The molecule has 2 bridgehead atoms. The molecule has 0 aliphatic carbocycles. The minimum absolute atomic E-state index is 0.303. The Hall–Kier alpha value is -2.64. The van der Waals surface area contributed by atoms with E-state index in [4.69, 9.17) is 27.3 Å². The zero-order valence-electron chi connectivity index (χ0n) is 17.1. The van der Waals surface area contributed by atoms with Crippen molar-refractivity contribution in [3.8, 4) is 11.1 Å². The largest absolute Gasteiger partial charge is 0.349 e. The summed E-state index contributed by atoms with van der Waals surface area (Å²) in [5.74, 6) is 0.990. The van der Waals surface area contributed by atoms with Gasteiger partial charge in [0.1, 0.15) is 5.52 Å². The quantitative estimate of drug-likeness (QED) is 0.512. The van der Waals surface area contributed by atoms with Crippen molar-refractivity contribution in [2.45, 2.75) is 50.7 Å². The Kier molecular flexibility index (Phi) is 3.89. The van der Waals surface area contributed by atoms with Gasteiger partial charge in [0.25, 0.3) is 0 Å². The van der Waals surface area contributed by atoms with E-state index in [1.54, 1.807) is 4.68 Å². The predicted molar refractivity (Wildman–Crippen MR) is 120 cm³/mol. The van der Waals surface area contributed by atoms with Crippen molar-refractivity contribution >= 4 is 39.5 Å². The molecule has 3 N–H and O–H groups in total. The summed E-state index contributed by atoms with van der Waals surface area (Å²) in [6, 6.07) is 5.26. The smallest absolute Gasteiger partial charge is 0.159 e. The Labute approximate surface area is 179 Å². The summed E-state index contributed by atoms with van der Waals surface area (Å²) in [5.41, 5.74) is 11.6. The van der Waals surface area contributed by atoms with Crippen LogP contribution >= 0.6 is 11.6 Å². The summed E-state index contributed by atoms with van der Waals surface area (Å²) in [6.07, 6.45) is 8.35. The van der Waals surface area contributed by atoms with E-state index in [9.17, 15) is 0 Å².